The second-order valence-electron chi connectivity index (χ2n) is 5.27. The molecule has 0 aliphatic carbocycles. The van der Waals surface area contributed by atoms with Crippen molar-refractivity contribution < 1.29 is 13.2 Å². The minimum absolute atomic E-state index is 0.353. The van der Waals surface area contributed by atoms with Gasteiger partial charge < -0.3 is 4.90 Å². The van der Waals surface area contributed by atoms with Crippen molar-refractivity contribution in [1.29, 1.82) is 0 Å². The lowest BCUT2D eigenvalue weighted by Gasteiger charge is -2.28. The van der Waals surface area contributed by atoms with Crippen LogP contribution in [-0.2, 0) is 12.6 Å². The number of alkyl halides is 3. The molecule has 0 saturated carbocycles. The van der Waals surface area contributed by atoms with Crippen LogP contribution in [0.15, 0.2) is 36.4 Å². The molecule has 21 heavy (non-hydrogen) atoms. The first kappa shape index (κ1) is 13.9. The highest BCUT2D eigenvalue weighted by atomic mass is 19.4. The summed E-state index contributed by atoms with van der Waals surface area (Å²) in [5.74, 6) is 0. The van der Waals surface area contributed by atoms with Gasteiger partial charge in [0.15, 0.2) is 0 Å². The van der Waals surface area contributed by atoms with Crippen molar-refractivity contribution in [2.45, 2.75) is 19.0 Å². The van der Waals surface area contributed by atoms with Gasteiger partial charge in [0, 0.05) is 24.8 Å². The Kier molecular flexibility index (Phi) is 3.35. The summed E-state index contributed by atoms with van der Waals surface area (Å²) in [6.45, 7) is 0.965. The highest BCUT2D eigenvalue weighted by molar-refractivity contribution is 5.69. The van der Waals surface area contributed by atoms with Crippen molar-refractivity contribution in [2.24, 2.45) is 0 Å². The largest absolute Gasteiger partial charge is 0.433 e. The molecule has 110 valence electrons. The summed E-state index contributed by atoms with van der Waals surface area (Å²) in [5.41, 5.74) is 2.53. The number of fused-ring (bicyclic) bond motifs is 1. The van der Waals surface area contributed by atoms with E-state index in [1.54, 1.807) is 6.07 Å². The third kappa shape index (κ3) is 2.73. The standard InChI is InChI=1S/C16H15F3N2/c1-21-9-3-4-11-7-8-12(10-14(11)21)13-5-2-6-15(20-13)16(17,18)19/h2,5-8,10H,3-4,9H2,1H3. The number of halogens is 3. The van der Waals surface area contributed by atoms with E-state index in [4.69, 9.17) is 0 Å². The number of anilines is 1. The first-order chi connectivity index (χ1) is 9.95. The summed E-state index contributed by atoms with van der Waals surface area (Å²) in [4.78, 5) is 5.88. The summed E-state index contributed by atoms with van der Waals surface area (Å²) >= 11 is 0. The Balaban J connectivity index is 2.03. The van der Waals surface area contributed by atoms with E-state index in [1.807, 2.05) is 25.2 Å². The zero-order chi connectivity index (χ0) is 15.0. The molecule has 2 aromatic rings. The fourth-order valence-corrected chi connectivity index (χ4v) is 2.67. The molecule has 1 aromatic heterocycles. The molecule has 3 rings (SSSR count). The van der Waals surface area contributed by atoms with Crippen molar-refractivity contribution in [2.75, 3.05) is 18.5 Å². The quantitative estimate of drug-likeness (QED) is 0.785. The lowest BCUT2D eigenvalue weighted by atomic mass is 9.98. The molecule has 0 saturated heterocycles. The molecule has 0 amide bonds. The number of hydrogen-bond acceptors (Lipinski definition) is 2. The van der Waals surface area contributed by atoms with Crippen LogP contribution < -0.4 is 4.90 Å². The molecule has 0 atom stereocenters. The van der Waals surface area contributed by atoms with E-state index in [-0.39, 0.29) is 0 Å². The number of aryl methyl sites for hydroxylation is 1. The molecule has 2 nitrogen and oxygen atoms in total. The summed E-state index contributed by atoms with van der Waals surface area (Å²) in [6, 6.07) is 9.77. The van der Waals surface area contributed by atoms with Crippen LogP contribution in [0.4, 0.5) is 18.9 Å². The van der Waals surface area contributed by atoms with Crippen LogP contribution in [0.5, 0.6) is 0 Å². The summed E-state index contributed by atoms with van der Waals surface area (Å²) in [7, 11) is 2.00. The number of benzene rings is 1. The van der Waals surface area contributed by atoms with Gasteiger partial charge in [0.05, 0.1) is 5.69 Å². The average Bonchev–Trinajstić information content (AvgIpc) is 2.47. The molecule has 1 aliphatic heterocycles. The SMILES string of the molecule is CN1CCCc2ccc(-c3cccc(C(F)(F)F)n3)cc21. The van der Waals surface area contributed by atoms with E-state index in [0.29, 0.717) is 11.3 Å². The van der Waals surface area contributed by atoms with Gasteiger partial charge in [-0.3, -0.25) is 0 Å². The average molecular weight is 292 g/mol. The lowest BCUT2D eigenvalue weighted by Crippen LogP contribution is -2.24. The molecule has 0 unspecified atom stereocenters. The highest BCUT2D eigenvalue weighted by Gasteiger charge is 2.32. The highest BCUT2D eigenvalue weighted by Crippen LogP contribution is 2.33. The summed E-state index contributed by atoms with van der Waals surface area (Å²) in [5, 5.41) is 0. The normalized spacial score (nSPS) is 15.0. The smallest absolute Gasteiger partial charge is 0.374 e. The van der Waals surface area contributed by atoms with Crippen molar-refractivity contribution in [3.05, 3.63) is 47.7 Å². The Bertz CT molecular complexity index is 665. The first-order valence-electron chi connectivity index (χ1n) is 6.84. The van der Waals surface area contributed by atoms with Gasteiger partial charge >= 0.3 is 6.18 Å². The number of hydrogen-bond donors (Lipinski definition) is 0. The molecule has 0 spiro atoms. The maximum Gasteiger partial charge on any atom is 0.433 e. The summed E-state index contributed by atoms with van der Waals surface area (Å²) < 4.78 is 38.2. The Hall–Kier alpha value is -2.04. The molecule has 0 fully saturated rings. The van der Waals surface area contributed by atoms with E-state index in [1.165, 1.54) is 11.6 Å². The summed E-state index contributed by atoms with van der Waals surface area (Å²) in [6.07, 6.45) is -2.30. The van der Waals surface area contributed by atoms with Crippen LogP contribution in [0.3, 0.4) is 0 Å². The molecule has 0 N–H and O–H groups in total. The molecule has 0 bridgehead atoms. The van der Waals surface area contributed by atoms with Crippen molar-refractivity contribution in [3.8, 4) is 11.3 Å². The second kappa shape index (κ2) is 5.06. The van der Waals surface area contributed by atoms with E-state index in [9.17, 15) is 13.2 Å². The zero-order valence-corrected chi connectivity index (χ0v) is 11.6. The van der Waals surface area contributed by atoms with Crippen LogP contribution in [0.25, 0.3) is 11.3 Å². The van der Waals surface area contributed by atoms with Gasteiger partial charge in [0.2, 0.25) is 0 Å². The Morgan fingerprint density at radius 1 is 1.14 bits per heavy atom. The monoisotopic (exact) mass is 292 g/mol. The Morgan fingerprint density at radius 3 is 2.71 bits per heavy atom. The van der Waals surface area contributed by atoms with Crippen molar-refractivity contribution >= 4 is 5.69 Å². The topological polar surface area (TPSA) is 16.1 Å². The number of aromatic nitrogens is 1. The number of rotatable bonds is 1. The fourth-order valence-electron chi connectivity index (χ4n) is 2.67. The van der Waals surface area contributed by atoms with Crippen molar-refractivity contribution in [1.82, 2.24) is 4.98 Å². The Morgan fingerprint density at radius 2 is 1.95 bits per heavy atom. The maximum atomic E-state index is 12.7. The molecule has 2 heterocycles. The minimum atomic E-state index is -4.42. The fraction of sp³-hybridized carbons (Fsp3) is 0.312. The number of nitrogens with zero attached hydrogens (tertiary/aromatic N) is 2. The predicted octanol–water partition coefficient (Wildman–Crippen LogP) is 4.15. The molecular formula is C16H15F3N2. The number of pyridine rings is 1. The third-order valence-corrected chi connectivity index (χ3v) is 3.77. The lowest BCUT2D eigenvalue weighted by molar-refractivity contribution is -0.141. The van der Waals surface area contributed by atoms with Crippen LogP contribution in [0, 0.1) is 0 Å². The van der Waals surface area contributed by atoms with E-state index < -0.39 is 11.9 Å². The molecule has 1 aromatic carbocycles. The van der Waals surface area contributed by atoms with Gasteiger partial charge in [-0.05, 0) is 36.6 Å². The van der Waals surface area contributed by atoms with E-state index in [0.717, 1.165) is 31.1 Å². The molecule has 5 heteroatoms. The van der Waals surface area contributed by atoms with Gasteiger partial charge in [-0.25, -0.2) is 4.98 Å². The van der Waals surface area contributed by atoms with Crippen LogP contribution in [-0.4, -0.2) is 18.6 Å². The molecule has 1 aliphatic rings. The second-order valence-corrected chi connectivity index (χ2v) is 5.27. The van der Waals surface area contributed by atoms with Gasteiger partial charge in [-0.15, -0.1) is 0 Å². The van der Waals surface area contributed by atoms with E-state index >= 15 is 0 Å². The van der Waals surface area contributed by atoms with Gasteiger partial charge in [0.1, 0.15) is 5.69 Å². The maximum absolute atomic E-state index is 12.7. The van der Waals surface area contributed by atoms with Crippen LogP contribution in [0.2, 0.25) is 0 Å². The third-order valence-electron chi connectivity index (χ3n) is 3.77. The van der Waals surface area contributed by atoms with E-state index in [2.05, 4.69) is 9.88 Å². The van der Waals surface area contributed by atoms with Gasteiger partial charge in [0.25, 0.3) is 0 Å². The van der Waals surface area contributed by atoms with Gasteiger partial charge in [-0.2, -0.15) is 13.2 Å². The van der Waals surface area contributed by atoms with Gasteiger partial charge in [-0.1, -0.05) is 18.2 Å². The van der Waals surface area contributed by atoms with Crippen LogP contribution in [0.1, 0.15) is 17.7 Å². The zero-order valence-electron chi connectivity index (χ0n) is 11.6. The Labute approximate surface area is 121 Å². The van der Waals surface area contributed by atoms with Crippen molar-refractivity contribution in [3.63, 3.8) is 0 Å². The first-order valence-corrected chi connectivity index (χ1v) is 6.84. The molecular weight excluding hydrogens is 277 g/mol. The van der Waals surface area contributed by atoms with Crippen LogP contribution >= 0.6 is 0 Å². The minimum Gasteiger partial charge on any atom is -0.374 e. The molecule has 0 radical (unpaired) electrons. The predicted molar refractivity (Wildman–Crippen MR) is 76.3 cm³/mol.